The topological polar surface area (TPSA) is 20.2 Å². The van der Waals surface area contributed by atoms with E-state index < -0.39 is 0 Å². The summed E-state index contributed by atoms with van der Waals surface area (Å²) < 4.78 is 0. The maximum atomic E-state index is 10.3. The third-order valence-electron chi connectivity index (χ3n) is 5.03. The Hall–Kier alpha value is -0.0400. The summed E-state index contributed by atoms with van der Waals surface area (Å²) in [6, 6.07) is 0. The number of fused-ring (bicyclic) bond motifs is 1. The van der Waals surface area contributed by atoms with Crippen molar-refractivity contribution in [3.63, 3.8) is 0 Å². The molecular weight excluding hydrogens is 184 g/mol. The van der Waals surface area contributed by atoms with E-state index in [1.165, 1.54) is 25.7 Å². The highest BCUT2D eigenvalue weighted by atomic mass is 16.3. The lowest BCUT2D eigenvalue weighted by Crippen LogP contribution is -2.45. The molecule has 0 heterocycles. The fourth-order valence-electron chi connectivity index (χ4n) is 4.34. The maximum absolute atomic E-state index is 10.3. The van der Waals surface area contributed by atoms with Crippen LogP contribution in [0.2, 0.25) is 0 Å². The maximum Gasteiger partial charge on any atom is 0.0576 e. The summed E-state index contributed by atoms with van der Waals surface area (Å²) in [5, 5.41) is 10.3. The van der Waals surface area contributed by atoms with Crippen LogP contribution in [-0.2, 0) is 0 Å². The highest BCUT2D eigenvalue weighted by molar-refractivity contribution is 4.93. The second-order valence-electron chi connectivity index (χ2n) is 6.11. The van der Waals surface area contributed by atoms with Crippen LogP contribution in [-0.4, -0.2) is 11.2 Å². The summed E-state index contributed by atoms with van der Waals surface area (Å²) in [7, 11) is 0. The standard InChI is InChI=1S/C14H26O/c1-4-12-10(3)5-6-11-7-9(2)8-13(15)14(11)12/h9-15H,4-8H2,1-3H3. The third kappa shape index (κ3) is 2.08. The molecule has 2 saturated carbocycles. The number of hydrogen-bond donors (Lipinski definition) is 1. The van der Waals surface area contributed by atoms with Crippen molar-refractivity contribution in [2.75, 3.05) is 0 Å². The fourth-order valence-corrected chi connectivity index (χ4v) is 4.34. The Balaban J connectivity index is 2.13. The van der Waals surface area contributed by atoms with Crippen LogP contribution in [0.25, 0.3) is 0 Å². The average Bonchev–Trinajstić information content (AvgIpc) is 2.18. The Morgan fingerprint density at radius 2 is 1.87 bits per heavy atom. The van der Waals surface area contributed by atoms with Gasteiger partial charge >= 0.3 is 0 Å². The van der Waals surface area contributed by atoms with Crippen LogP contribution in [0.15, 0.2) is 0 Å². The Morgan fingerprint density at radius 3 is 2.53 bits per heavy atom. The smallest absolute Gasteiger partial charge is 0.0576 e. The molecule has 0 amide bonds. The SMILES string of the molecule is CCC1C(C)CCC2CC(C)CC(O)C21. The molecule has 88 valence electrons. The first-order chi connectivity index (χ1) is 7.13. The number of hydrogen-bond acceptors (Lipinski definition) is 1. The molecular formula is C14H26O. The lowest BCUT2D eigenvalue weighted by molar-refractivity contribution is -0.0596. The summed E-state index contributed by atoms with van der Waals surface area (Å²) >= 11 is 0. The van der Waals surface area contributed by atoms with E-state index >= 15 is 0 Å². The first-order valence-electron chi connectivity index (χ1n) is 6.81. The van der Waals surface area contributed by atoms with Crippen LogP contribution in [0.4, 0.5) is 0 Å². The first-order valence-corrected chi connectivity index (χ1v) is 6.81. The molecule has 15 heavy (non-hydrogen) atoms. The Kier molecular flexibility index (Phi) is 3.39. The second kappa shape index (κ2) is 4.45. The van der Waals surface area contributed by atoms with Crippen LogP contribution in [0.3, 0.4) is 0 Å². The van der Waals surface area contributed by atoms with Gasteiger partial charge in [-0.05, 0) is 48.9 Å². The van der Waals surface area contributed by atoms with Crippen LogP contribution in [0.5, 0.6) is 0 Å². The van der Waals surface area contributed by atoms with E-state index in [0.29, 0.717) is 5.92 Å². The molecule has 0 aliphatic heterocycles. The van der Waals surface area contributed by atoms with Crippen molar-refractivity contribution in [1.29, 1.82) is 0 Å². The van der Waals surface area contributed by atoms with E-state index in [9.17, 15) is 5.11 Å². The van der Waals surface area contributed by atoms with Crippen LogP contribution in [0, 0.1) is 29.6 Å². The predicted molar refractivity (Wildman–Crippen MR) is 63.6 cm³/mol. The van der Waals surface area contributed by atoms with Crippen molar-refractivity contribution < 1.29 is 5.11 Å². The molecule has 0 aromatic rings. The molecule has 1 heteroatoms. The second-order valence-corrected chi connectivity index (χ2v) is 6.11. The van der Waals surface area contributed by atoms with Gasteiger partial charge in [0.25, 0.3) is 0 Å². The van der Waals surface area contributed by atoms with Gasteiger partial charge < -0.3 is 5.11 Å². The van der Waals surface area contributed by atoms with Crippen LogP contribution < -0.4 is 0 Å². The lowest BCUT2D eigenvalue weighted by atomic mass is 9.58. The summed E-state index contributed by atoms with van der Waals surface area (Å²) in [4.78, 5) is 0. The molecule has 2 aliphatic rings. The third-order valence-corrected chi connectivity index (χ3v) is 5.03. The van der Waals surface area contributed by atoms with Gasteiger partial charge in [0.15, 0.2) is 0 Å². The quantitative estimate of drug-likeness (QED) is 0.702. The fraction of sp³-hybridized carbons (Fsp3) is 1.00. The zero-order valence-electron chi connectivity index (χ0n) is 10.4. The number of aliphatic hydroxyl groups excluding tert-OH is 1. The molecule has 0 aromatic carbocycles. The molecule has 0 aromatic heterocycles. The highest BCUT2D eigenvalue weighted by Crippen LogP contribution is 2.48. The van der Waals surface area contributed by atoms with Gasteiger partial charge in [0.2, 0.25) is 0 Å². The first kappa shape index (κ1) is 11.4. The summed E-state index contributed by atoms with van der Waals surface area (Å²) in [6.07, 6.45) is 6.41. The molecule has 0 radical (unpaired) electrons. The molecule has 2 aliphatic carbocycles. The van der Waals surface area contributed by atoms with Gasteiger partial charge in [-0.1, -0.05) is 33.6 Å². The largest absolute Gasteiger partial charge is 0.393 e. The molecule has 0 saturated heterocycles. The predicted octanol–water partition coefficient (Wildman–Crippen LogP) is 3.47. The molecule has 1 N–H and O–H groups in total. The molecule has 6 atom stereocenters. The van der Waals surface area contributed by atoms with Crippen molar-refractivity contribution >= 4 is 0 Å². The minimum Gasteiger partial charge on any atom is -0.393 e. The van der Waals surface area contributed by atoms with E-state index in [1.54, 1.807) is 0 Å². The van der Waals surface area contributed by atoms with Gasteiger partial charge in [-0.3, -0.25) is 0 Å². The molecule has 6 unspecified atom stereocenters. The Bertz CT molecular complexity index is 213. The van der Waals surface area contributed by atoms with E-state index in [-0.39, 0.29) is 6.10 Å². The minimum absolute atomic E-state index is 0.00792. The lowest BCUT2D eigenvalue weighted by Gasteiger charge is -2.48. The van der Waals surface area contributed by atoms with E-state index in [2.05, 4.69) is 20.8 Å². The molecule has 2 fully saturated rings. The van der Waals surface area contributed by atoms with Crippen LogP contribution in [0.1, 0.15) is 52.9 Å². The van der Waals surface area contributed by atoms with Gasteiger partial charge in [0.05, 0.1) is 6.10 Å². The number of rotatable bonds is 1. The minimum atomic E-state index is -0.00792. The molecule has 0 spiro atoms. The van der Waals surface area contributed by atoms with Gasteiger partial charge in [-0.2, -0.15) is 0 Å². The van der Waals surface area contributed by atoms with Crippen molar-refractivity contribution in [1.82, 2.24) is 0 Å². The molecule has 2 rings (SSSR count). The Labute approximate surface area is 94.3 Å². The normalized spacial score (nSPS) is 51.2. The number of aliphatic hydroxyl groups is 1. The molecule has 1 nitrogen and oxygen atoms in total. The van der Waals surface area contributed by atoms with Crippen LogP contribution >= 0.6 is 0 Å². The van der Waals surface area contributed by atoms with Gasteiger partial charge in [0.1, 0.15) is 0 Å². The van der Waals surface area contributed by atoms with E-state index in [1.807, 2.05) is 0 Å². The van der Waals surface area contributed by atoms with Gasteiger partial charge in [-0.25, -0.2) is 0 Å². The zero-order chi connectivity index (χ0) is 11.0. The van der Waals surface area contributed by atoms with Gasteiger partial charge in [-0.15, -0.1) is 0 Å². The summed E-state index contributed by atoms with van der Waals surface area (Å²) in [5.74, 6) is 3.80. The van der Waals surface area contributed by atoms with Gasteiger partial charge in [0, 0.05) is 0 Å². The highest BCUT2D eigenvalue weighted by Gasteiger charge is 2.43. The van der Waals surface area contributed by atoms with Crippen molar-refractivity contribution in [2.24, 2.45) is 29.6 Å². The average molecular weight is 210 g/mol. The van der Waals surface area contributed by atoms with Crippen molar-refractivity contribution in [3.8, 4) is 0 Å². The molecule has 0 bridgehead atoms. The van der Waals surface area contributed by atoms with E-state index in [0.717, 1.165) is 30.1 Å². The monoisotopic (exact) mass is 210 g/mol. The zero-order valence-corrected chi connectivity index (χ0v) is 10.4. The van der Waals surface area contributed by atoms with Crippen molar-refractivity contribution in [3.05, 3.63) is 0 Å². The summed E-state index contributed by atoms with van der Waals surface area (Å²) in [5.41, 5.74) is 0. The summed E-state index contributed by atoms with van der Waals surface area (Å²) in [6.45, 7) is 6.99. The Morgan fingerprint density at radius 1 is 1.13 bits per heavy atom. The van der Waals surface area contributed by atoms with E-state index in [4.69, 9.17) is 0 Å². The van der Waals surface area contributed by atoms with Crippen molar-refractivity contribution in [2.45, 2.75) is 59.0 Å².